The van der Waals surface area contributed by atoms with Crippen molar-refractivity contribution in [3.63, 3.8) is 0 Å². The van der Waals surface area contributed by atoms with E-state index in [0.29, 0.717) is 43.3 Å². The molecule has 0 spiro atoms. The molecule has 210 valence electrons. The summed E-state index contributed by atoms with van der Waals surface area (Å²) in [5, 5.41) is 7.58. The molecule has 0 aliphatic carbocycles. The lowest BCUT2D eigenvalue weighted by molar-refractivity contribution is -0.115. The Morgan fingerprint density at radius 3 is 2.51 bits per heavy atom. The third-order valence-corrected chi connectivity index (χ3v) is 8.35. The van der Waals surface area contributed by atoms with Crippen molar-refractivity contribution in [1.29, 1.82) is 4.78 Å². The number of rotatable bonds is 7. The lowest BCUT2D eigenvalue weighted by Gasteiger charge is -2.18. The number of benzene rings is 3. The Balaban J connectivity index is 1.38. The smallest absolute Gasteiger partial charge is 0.228 e. The molecule has 0 saturated carbocycles. The van der Waals surface area contributed by atoms with Crippen molar-refractivity contribution in [3.05, 3.63) is 102 Å². The summed E-state index contributed by atoms with van der Waals surface area (Å²) < 4.78 is 45.1. The van der Waals surface area contributed by atoms with Crippen LogP contribution in [-0.2, 0) is 26.5 Å². The van der Waals surface area contributed by atoms with Crippen molar-refractivity contribution in [1.82, 2.24) is 14.8 Å². The maximum absolute atomic E-state index is 15.3. The van der Waals surface area contributed by atoms with E-state index >= 15 is 4.39 Å². The molecule has 0 radical (unpaired) electrons. The Bertz CT molecular complexity index is 1840. The van der Waals surface area contributed by atoms with Gasteiger partial charge in [0, 0.05) is 17.8 Å². The first-order valence-corrected chi connectivity index (χ1v) is 14.5. The van der Waals surface area contributed by atoms with Crippen molar-refractivity contribution in [2.45, 2.75) is 49.4 Å². The number of pyridine rings is 1. The molecular weight excluding hydrogens is 541 g/mol. The number of hydrogen-bond acceptors (Lipinski definition) is 6. The number of nitrogens with zero attached hydrogens (tertiary/aromatic N) is 3. The number of amides is 1. The Kier molecular flexibility index (Phi) is 7.35. The molecule has 1 atom stereocenters. The summed E-state index contributed by atoms with van der Waals surface area (Å²) in [6.07, 6.45) is 4.84. The van der Waals surface area contributed by atoms with Crippen LogP contribution in [0.4, 0.5) is 10.1 Å². The molecule has 0 fully saturated rings. The fourth-order valence-corrected chi connectivity index (χ4v) is 5.76. The standard InChI is InChI=1S/C31H30FN5O3S/c1-20-14-21(16-29(38)36-22-18-35-37(19-22)31(2,3)4)15-26(32)30(20)40-28-12-13-34-27-11-10-24(17-25(27)28)41(33,39)23-8-6-5-7-9-23/h5-15,17-19,33H,16H2,1-4H3,(H,36,38). The van der Waals surface area contributed by atoms with Crippen molar-refractivity contribution in [3.8, 4) is 11.5 Å². The van der Waals surface area contributed by atoms with Gasteiger partial charge in [0.2, 0.25) is 5.91 Å². The van der Waals surface area contributed by atoms with Gasteiger partial charge in [0.15, 0.2) is 11.6 Å². The second kappa shape index (κ2) is 10.8. The Morgan fingerprint density at radius 1 is 1.07 bits per heavy atom. The Morgan fingerprint density at radius 2 is 1.83 bits per heavy atom. The fraction of sp³-hybridized carbons (Fsp3) is 0.194. The summed E-state index contributed by atoms with van der Waals surface area (Å²) in [4.78, 5) is 17.7. The van der Waals surface area contributed by atoms with Crippen LogP contribution in [0.5, 0.6) is 11.5 Å². The van der Waals surface area contributed by atoms with Gasteiger partial charge in [0.1, 0.15) is 15.5 Å². The number of carbonyl (C=O) groups is 1. The highest BCUT2D eigenvalue weighted by Gasteiger charge is 2.19. The molecule has 41 heavy (non-hydrogen) atoms. The molecule has 2 aromatic heterocycles. The minimum atomic E-state index is -3.28. The van der Waals surface area contributed by atoms with Crippen LogP contribution >= 0.6 is 0 Å². The van der Waals surface area contributed by atoms with Gasteiger partial charge in [-0.15, -0.1) is 0 Å². The first-order chi connectivity index (χ1) is 19.4. The highest BCUT2D eigenvalue weighted by Crippen LogP contribution is 2.35. The van der Waals surface area contributed by atoms with Crippen molar-refractivity contribution in [2.24, 2.45) is 0 Å². The van der Waals surface area contributed by atoms with Crippen molar-refractivity contribution >= 4 is 32.2 Å². The molecule has 8 nitrogen and oxygen atoms in total. The summed E-state index contributed by atoms with van der Waals surface area (Å²) in [6.45, 7) is 7.72. The second-order valence-electron chi connectivity index (χ2n) is 10.8. The van der Waals surface area contributed by atoms with E-state index in [2.05, 4.69) is 15.4 Å². The predicted octanol–water partition coefficient (Wildman–Crippen LogP) is 7.07. The molecular formula is C31H30FN5O3S. The minimum absolute atomic E-state index is 0.00758. The molecule has 1 unspecified atom stereocenters. The molecule has 0 saturated heterocycles. The molecule has 3 aromatic carbocycles. The van der Waals surface area contributed by atoms with Gasteiger partial charge in [0.25, 0.3) is 0 Å². The molecule has 10 heteroatoms. The topological polar surface area (TPSA) is 110 Å². The molecule has 0 bridgehead atoms. The number of hydrogen-bond donors (Lipinski definition) is 2. The summed E-state index contributed by atoms with van der Waals surface area (Å²) in [5.41, 5.74) is 1.89. The number of aryl methyl sites for hydroxylation is 1. The number of aromatic nitrogens is 3. The highest BCUT2D eigenvalue weighted by molar-refractivity contribution is 7.92. The number of halogens is 1. The first kappa shape index (κ1) is 28.0. The summed E-state index contributed by atoms with van der Waals surface area (Å²) in [7, 11) is -3.28. The van der Waals surface area contributed by atoms with Crippen molar-refractivity contribution in [2.75, 3.05) is 5.32 Å². The van der Waals surface area contributed by atoms with E-state index in [0.717, 1.165) is 0 Å². The molecule has 0 aliphatic heterocycles. The first-order valence-electron chi connectivity index (χ1n) is 13.0. The molecule has 0 aliphatic rings. The van der Waals surface area contributed by atoms with E-state index in [4.69, 9.17) is 9.52 Å². The monoisotopic (exact) mass is 571 g/mol. The largest absolute Gasteiger partial charge is 0.453 e. The Labute approximate surface area is 238 Å². The zero-order chi connectivity index (χ0) is 29.4. The van der Waals surface area contributed by atoms with E-state index in [-0.39, 0.29) is 23.6 Å². The average Bonchev–Trinajstić information content (AvgIpc) is 3.40. The molecule has 2 N–H and O–H groups in total. The van der Waals surface area contributed by atoms with Gasteiger partial charge in [-0.25, -0.2) is 13.4 Å². The van der Waals surface area contributed by atoms with Gasteiger partial charge < -0.3 is 10.1 Å². The number of carbonyl (C=O) groups excluding carboxylic acids is 1. The van der Waals surface area contributed by atoms with Crippen LogP contribution in [0, 0.1) is 17.5 Å². The van der Waals surface area contributed by atoms with Gasteiger partial charge in [-0.3, -0.25) is 14.5 Å². The van der Waals surface area contributed by atoms with E-state index in [1.807, 2.05) is 20.8 Å². The van der Waals surface area contributed by atoms with E-state index in [1.54, 1.807) is 90.9 Å². The van der Waals surface area contributed by atoms with Crippen LogP contribution < -0.4 is 10.1 Å². The zero-order valence-corrected chi connectivity index (χ0v) is 24.0. The molecule has 1 amide bonds. The van der Waals surface area contributed by atoms with Gasteiger partial charge in [-0.2, -0.15) is 5.10 Å². The Hall–Kier alpha value is -4.57. The highest BCUT2D eigenvalue weighted by atomic mass is 32.2. The predicted molar refractivity (Wildman–Crippen MR) is 156 cm³/mol. The summed E-state index contributed by atoms with van der Waals surface area (Å²) in [5.74, 6) is -0.601. The third kappa shape index (κ3) is 5.97. The van der Waals surface area contributed by atoms with Gasteiger partial charge >= 0.3 is 0 Å². The van der Waals surface area contributed by atoms with Crippen LogP contribution in [0.15, 0.2) is 95.1 Å². The van der Waals surface area contributed by atoms with Gasteiger partial charge in [0.05, 0.1) is 39.2 Å². The van der Waals surface area contributed by atoms with Gasteiger partial charge in [-0.05, 0) is 81.3 Å². The van der Waals surface area contributed by atoms with Gasteiger partial charge in [-0.1, -0.05) is 24.3 Å². The second-order valence-corrected chi connectivity index (χ2v) is 12.8. The number of nitrogens with one attached hydrogen (secondary N) is 2. The molecule has 2 heterocycles. The third-order valence-electron chi connectivity index (χ3n) is 6.50. The number of anilines is 1. The molecule has 5 aromatic rings. The normalized spacial score (nSPS) is 13.1. The zero-order valence-electron chi connectivity index (χ0n) is 23.1. The van der Waals surface area contributed by atoms with Crippen LogP contribution in [0.1, 0.15) is 31.9 Å². The van der Waals surface area contributed by atoms with Crippen molar-refractivity contribution < 1.29 is 18.1 Å². The minimum Gasteiger partial charge on any atom is -0.453 e. The maximum atomic E-state index is 15.3. The van der Waals surface area contributed by atoms with Crippen LogP contribution in [0.3, 0.4) is 0 Å². The van der Waals surface area contributed by atoms with Crippen LogP contribution in [-0.4, -0.2) is 24.9 Å². The maximum Gasteiger partial charge on any atom is 0.228 e. The van der Waals surface area contributed by atoms with Crippen LogP contribution in [0.25, 0.3) is 10.9 Å². The molecule has 5 rings (SSSR count). The average molecular weight is 572 g/mol. The van der Waals surface area contributed by atoms with E-state index in [1.165, 1.54) is 6.07 Å². The lowest BCUT2D eigenvalue weighted by atomic mass is 10.1. The van der Waals surface area contributed by atoms with E-state index < -0.39 is 15.5 Å². The quantitative estimate of drug-likeness (QED) is 0.217. The lowest BCUT2D eigenvalue weighted by Crippen LogP contribution is -2.22. The SMILES string of the molecule is Cc1cc(CC(=O)Nc2cnn(C(C)(C)C)c2)cc(F)c1Oc1ccnc2ccc(S(=N)(=O)c3ccccc3)cc12. The fourth-order valence-electron chi connectivity index (χ4n) is 4.40. The number of ether oxygens (including phenoxy) is 1. The summed E-state index contributed by atoms with van der Waals surface area (Å²) >= 11 is 0. The van der Waals surface area contributed by atoms with E-state index in [9.17, 15) is 9.00 Å². The van der Waals surface area contributed by atoms with Crippen LogP contribution in [0.2, 0.25) is 0 Å². The summed E-state index contributed by atoms with van der Waals surface area (Å²) in [6, 6.07) is 18.0. The number of fused-ring (bicyclic) bond motifs is 1.